The van der Waals surface area contributed by atoms with Crippen LogP contribution in [-0.2, 0) is 0 Å². The molecular formula is C8H14N2O3. The zero-order valence-corrected chi connectivity index (χ0v) is 7.48. The van der Waals surface area contributed by atoms with Gasteiger partial charge in [-0.3, -0.25) is 10.1 Å². The Morgan fingerprint density at radius 3 is 2.54 bits per heavy atom. The van der Waals surface area contributed by atoms with Gasteiger partial charge in [0.15, 0.2) is 0 Å². The highest BCUT2D eigenvalue weighted by Gasteiger charge is 2.48. The smallest absolute Gasteiger partial charge is 0.233 e. The summed E-state index contributed by atoms with van der Waals surface area (Å²) in [6.07, 6.45) is 1.81. The summed E-state index contributed by atoms with van der Waals surface area (Å²) in [7, 11) is 0. The molecule has 0 aromatic heterocycles. The van der Waals surface area contributed by atoms with E-state index in [4.69, 9.17) is 0 Å². The number of piperidine rings is 3. The summed E-state index contributed by atoms with van der Waals surface area (Å²) in [6, 6.07) is 0. The molecule has 13 heavy (non-hydrogen) atoms. The Hall–Kier alpha value is -0.680. The Balaban J connectivity index is 2.09. The number of nitro groups is 1. The minimum Gasteiger partial charge on any atom is -0.381 e. The number of nitrogens with zero attached hydrogens (tertiary/aromatic N) is 2. The molecule has 74 valence electrons. The van der Waals surface area contributed by atoms with Gasteiger partial charge in [0.25, 0.3) is 0 Å². The minimum absolute atomic E-state index is 0.142. The van der Waals surface area contributed by atoms with E-state index in [0.717, 1.165) is 25.9 Å². The first kappa shape index (κ1) is 8.90. The van der Waals surface area contributed by atoms with Crippen molar-refractivity contribution in [2.75, 3.05) is 26.2 Å². The van der Waals surface area contributed by atoms with E-state index in [1.54, 1.807) is 0 Å². The molecule has 0 radical (unpaired) electrons. The van der Waals surface area contributed by atoms with Crippen molar-refractivity contribution in [3.05, 3.63) is 10.1 Å². The molecule has 3 heterocycles. The van der Waals surface area contributed by atoms with Crippen LogP contribution in [0.4, 0.5) is 0 Å². The van der Waals surface area contributed by atoms with Crippen molar-refractivity contribution >= 4 is 0 Å². The van der Waals surface area contributed by atoms with Gasteiger partial charge in [0.2, 0.25) is 6.54 Å². The average Bonchev–Trinajstić information content (AvgIpc) is 2.03. The van der Waals surface area contributed by atoms with Crippen LogP contribution in [0.5, 0.6) is 0 Å². The van der Waals surface area contributed by atoms with E-state index in [0.29, 0.717) is 6.54 Å². The molecule has 1 N–H and O–H groups in total. The van der Waals surface area contributed by atoms with Gasteiger partial charge in [0.1, 0.15) is 5.60 Å². The topological polar surface area (TPSA) is 66.6 Å². The third kappa shape index (κ3) is 1.53. The molecule has 3 fully saturated rings. The second kappa shape index (κ2) is 2.92. The normalized spacial score (nSPS) is 43.5. The van der Waals surface area contributed by atoms with Crippen molar-refractivity contribution in [2.45, 2.75) is 18.4 Å². The third-order valence-corrected chi connectivity index (χ3v) is 3.25. The Kier molecular flexibility index (Phi) is 2.00. The molecule has 5 heteroatoms. The summed E-state index contributed by atoms with van der Waals surface area (Å²) >= 11 is 0. The Morgan fingerprint density at radius 2 is 2.15 bits per heavy atom. The SMILES string of the molecule is O=[N+]([O-])CC1(O)CN2CCC1CC2. The molecule has 3 aliphatic heterocycles. The van der Waals surface area contributed by atoms with E-state index in [-0.39, 0.29) is 12.5 Å². The second-order valence-corrected chi connectivity index (χ2v) is 4.14. The fraction of sp³-hybridized carbons (Fsp3) is 1.00. The molecule has 0 aliphatic carbocycles. The van der Waals surface area contributed by atoms with Gasteiger partial charge >= 0.3 is 0 Å². The summed E-state index contributed by atoms with van der Waals surface area (Å²) in [5, 5.41) is 20.4. The molecule has 0 saturated carbocycles. The summed E-state index contributed by atoms with van der Waals surface area (Å²) in [5.41, 5.74) is -1.06. The zero-order valence-electron chi connectivity index (χ0n) is 7.48. The lowest BCUT2D eigenvalue weighted by Crippen LogP contribution is -2.61. The lowest BCUT2D eigenvalue weighted by atomic mass is 9.75. The van der Waals surface area contributed by atoms with Crippen molar-refractivity contribution in [2.24, 2.45) is 5.92 Å². The van der Waals surface area contributed by atoms with Crippen molar-refractivity contribution in [1.82, 2.24) is 4.90 Å². The van der Waals surface area contributed by atoms with Gasteiger partial charge in [-0.15, -0.1) is 0 Å². The van der Waals surface area contributed by atoms with Crippen molar-refractivity contribution < 1.29 is 10.0 Å². The predicted octanol–water partition coefficient (Wildman–Crippen LogP) is -0.280. The van der Waals surface area contributed by atoms with E-state index in [1.807, 2.05) is 0 Å². The van der Waals surface area contributed by atoms with Crippen LogP contribution in [0.3, 0.4) is 0 Å². The summed E-state index contributed by atoms with van der Waals surface area (Å²) < 4.78 is 0. The van der Waals surface area contributed by atoms with Crippen LogP contribution in [0.2, 0.25) is 0 Å². The molecule has 3 aliphatic rings. The van der Waals surface area contributed by atoms with Crippen molar-refractivity contribution in [3.8, 4) is 0 Å². The number of hydrogen-bond donors (Lipinski definition) is 1. The average molecular weight is 186 g/mol. The predicted molar refractivity (Wildman–Crippen MR) is 46.0 cm³/mol. The lowest BCUT2D eigenvalue weighted by Gasteiger charge is -2.48. The summed E-state index contributed by atoms with van der Waals surface area (Å²) in [5.74, 6) is 0.142. The number of aliphatic hydroxyl groups is 1. The van der Waals surface area contributed by atoms with Gasteiger partial charge in [-0.25, -0.2) is 0 Å². The van der Waals surface area contributed by atoms with Gasteiger partial charge in [0.05, 0.1) is 0 Å². The van der Waals surface area contributed by atoms with Gasteiger partial charge in [-0.05, 0) is 31.8 Å². The van der Waals surface area contributed by atoms with Gasteiger partial charge in [-0.1, -0.05) is 0 Å². The lowest BCUT2D eigenvalue weighted by molar-refractivity contribution is -0.506. The first-order valence-electron chi connectivity index (χ1n) is 4.67. The number of hydrogen-bond acceptors (Lipinski definition) is 4. The molecule has 0 spiro atoms. The molecule has 0 aromatic rings. The first-order chi connectivity index (χ1) is 6.10. The van der Waals surface area contributed by atoms with E-state index in [9.17, 15) is 15.2 Å². The quantitative estimate of drug-likeness (QED) is 0.476. The standard InChI is InChI=1S/C8H14N2O3/c11-8(6-10(12)13)5-9-3-1-7(8)2-4-9/h7,11H,1-6H2. The summed E-state index contributed by atoms with van der Waals surface area (Å²) in [4.78, 5) is 12.1. The highest BCUT2D eigenvalue weighted by atomic mass is 16.6. The molecule has 3 rings (SSSR count). The molecule has 5 nitrogen and oxygen atoms in total. The van der Waals surface area contributed by atoms with E-state index in [1.165, 1.54) is 0 Å². The molecule has 2 bridgehead atoms. The molecular weight excluding hydrogens is 172 g/mol. The maximum absolute atomic E-state index is 10.4. The van der Waals surface area contributed by atoms with Gasteiger partial charge in [0, 0.05) is 11.5 Å². The van der Waals surface area contributed by atoms with Crippen LogP contribution in [0, 0.1) is 16.0 Å². The van der Waals surface area contributed by atoms with Crippen LogP contribution in [0.15, 0.2) is 0 Å². The highest BCUT2D eigenvalue weighted by Crippen LogP contribution is 2.35. The Morgan fingerprint density at radius 1 is 1.54 bits per heavy atom. The van der Waals surface area contributed by atoms with Crippen molar-refractivity contribution in [1.29, 1.82) is 0 Å². The molecule has 1 unspecified atom stereocenters. The third-order valence-electron chi connectivity index (χ3n) is 3.25. The zero-order chi connectivity index (χ0) is 9.47. The second-order valence-electron chi connectivity index (χ2n) is 4.14. The Labute approximate surface area is 76.5 Å². The van der Waals surface area contributed by atoms with Crippen LogP contribution >= 0.6 is 0 Å². The van der Waals surface area contributed by atoms with E-state index < -0.39 is 10.5 Å². The van der Waals surface area contributed by atoms with E-state index in [2.05, 4.69) is 4.90 Å². The molecule has 1 atom stereocenters. The van der Waals surface area contributed by atoms with Gasteiger partial charge < -0.3 is 10.0 Å². The Bertz CT molecular complexity index is 225. The van der Waals surface area contributed by atoms with E-state index >= 15 is 0 Å². The number of fused-ring (bicyclic) bond motifs is 3. The van der Waals surface area contributed by atoms with Crippen LogP contribution in [-0.4, -0.2) is 46.7 Å². The van der Waals surface area contributed by atoms with Crippen molar-refractivity contribution in [3.63, 3.8) is 0 Å². The fourth-order valence-corrected chi connectivity index (χ4v) is 2.55. The highest BCUT2D eigenvalue weighted by molar-refractivity contribution is 4.97. The van der Waals surface area contributed by atoms with Gasteiger partial charge in [-0.2, -0.15) is 0 Å². The fourth-order valence-electron chi connectivity index (χ4n) is 2.55. The number of rotatable bonds is 2. The van der Waals surface area contributed by atoms with Crippen LogP contribution in [0.1, 0.15) is 12.8 Å². The summed E-state index contributed by atoms with van der Waals surface area (Å²) in [6.45, 7) is 2.17. The molecule has 0 aromatic carbocycles. The minimum atomic E-state index is -1.06. The van der Waals surface area contributed by atoms with Crippen LogP contribution < -0.4 is 0 Å². The maximum atomic E-state index is 10.4. The van der Waals surface area contributed by atoms with Crippen LogP contribution in [0.25, 0.3) is 0 Å². The first-order valence-corrected chi connectivity index (χ1v) is 4.67. The monoisotopic (exact) mass is 186 g/mol. The molecule has 0 amide bonds. The molecule has 3 saturated heterocycles. The largest absolute Gasteiger partial charge is 0.381 e. The maximum Gasteiger partial charge on any atom is 0.233 e.